The fraction of sp³-hybridized carbons (Fsp3) is 0.538. The molecule has 2 aliphatic rings. The molecule has 1 fully saturated rings. The van der Waals surface area contributed by atoms with E-state index in [4.69, 9.17) is 9.47 Å². The lowest BCUT2D eigenvalue weighted by Crippen LogP contribution is -2.64. The van der Waals surface area contributed by atoms with E-state index in [9.17, 15) is 0 Å². The highest BCUT2D eigenvalue weighted by molar-refractivity contribution is 5.64. The van der Waals surface area contributed by atoms with E-state index in [1.165, 1.54) is 16.9 Å². The van der Waals surface area contributed by atoms with Crippen LogP contribution >= 0.6 is 0 Å². The second-order valence-electron chi connectivity index (χ2n) is 4.69. The molecule has 92 valence electrons. The van der Waals surface area contributed by atoms with Crippen LogP contribution in [-0.4, -0.2) is 39.6 Å². The van der Waals surface area contributed by atoms with Crippen molar-refractivity contribution in [2.24, 2.45) is 0 Å². The summed E-state index contributed by atoms with van der Waals surface area (Å²) < 4.78 is 10.8. The maximum Gasteiger partial charge on any atom is 0.203 e. The summed E-state index contributed by atoms with van der Waals surface area (Å²) >= 11 is 0. The smallest absolute Gasteiger partial charge is 0.203 e. The largest absolute Gasteiger partial charge is 0.384 e. The summed E-state index contributed by atoms with van der Waals surface area (Å²) in [6, 6.07) is 6.59. The van der Waals surface area contributed by atoms with E-state index in [0.29, 0.717) is 0 Å². The van der Waals surface area contributed by atoms with Gasteiger partial charge in [0.15, 0.2) is 0 Å². The van der Waals surface area contributed by atoms with Crippen LogP contribution in [0.4, 0.5) is 11.4 Å². The van der Waals surface area contributed by atoms with Gasteiger partial charge in [-0.2, -0.15) is 0 Å². The standard InChI is InChI=1S/C13H18N2O2/c1-16-13(17-2)8-15(9-13)11-3-4-12-10(7-11)5-6-14-12/h3-4,7,14H,5-6,8-9H2,1-2H3. The first-order valence-electron chi connectivity index (χ1n) is 5.98. The maximum absolute atomic E-state index is 5.39. The SMILES string of the molecule is COC1(OC)CN(c2ccc3c(c2)CCN3)C1. The van der Waals surface area contributed by atoms with Crippen molar-refractivity contribution in [2.75, 3.05) is 44.1 Å². The fourth-order valence-electron chi connectivity index (χ4n) is 2.55. The van der Waals surface area contributed by atoms with Crippen LogP contribution in [0, 0.1) is 0 Å². The Kier molecular flexibility index (Phi) is 2.49. The zero-order valence-electron chi connectivity index (χ0n) is 10.3. The zero-order valence-corrected chi connectivity index (χ0v) is 10.3. The molecule has 3 rings (SSSR count). The van der Waals surface area contributed by atoms with Crippen molar-refractivity contribution in [1.82, 2.24) is 0 Å². The molecule has 0 radical (unpaired) electrons. The Balaban J connectivity index is 1.75. The van der Waals surface area contributed by atoms with E-state index in [1.807, 2.05) is 0 Å². The normalized spacial score (nSPS) is 20.7. The molecule has 1 saturated heterocycles. The van der Waals surface area contributed by atoms with E-state index in [2.05, 4.69) is 28.4 Å². The molecule has 0 spiro atoms. The summed E-state index contributed by atoms with van der Waals surface area (Å²) in [4.78, 5) is 2.28. The minimum absolute atomic E-state index is 0.405. The Morgan fingerprint density at radius 1 is 1.24 bits per heavy atom. The number of anilines is 2. The summed E-state index contributed by atoms with van der Waals surface area (Å²) in [5, 5.41) is 3.37. The van der Waals surface area contributed by atoms with Gasteiger partial charge in [0, 0.05) is 32.1 Å². The lowest BCUT2D eigenvalue weighted by atomic mass is 10.0. The van der Waals surface area contributed by atoms with E-state index < -0.39 is 5.79 Å². The highest BCUT2D eigenvalue weighted by Crippen LogP contribution is 2.33. The van der Waals surface area contributed by atoms with E-state index in [0.717, 1.165) is 26.1 Å². The van der Waals surface area contributed by atoms with Gasteiger partial charge in [-0.15, -0.1) is 0 Å². The third-order valence-electron chi connectivity index (χ3n) is 3.77. The van der Waals surface area contributed by atoms with Crippen molar-refractivity contribution >= 4 is 11.4 Å². The van der Waals surface area contributed by atoms with Gasteiger partial charge in [0.2, 0.25) is 5.79 Å². The van der Waals surface area contributed by atoms with Crippen molar-refractivity contribution in [3.8, 4) is 0 Å². The lowest BCUT2D eigenvalue weighted by Gasteiger charge is -2.48. The summed E-state index contributed by atoms with van der Waals surface area (Å²) in [7, 11) is 3.40. The average molecular weight is 234 g/mol. The Bertz CT molecular complexity index is 421. The molecule has 0 aromatic heterocycles. The predicted molar refractivity (Wildman–Crippen MR) is 67.6 cm³/mol. The van der Waals surface area contributed by atoms with Gasteiger partial charge in [0.1, 0.15) is 0 Å². The van der Waals surface area contributed by atoms with Gasteiger partial charge < -0.3 is 19.7 Å². The molecule has 2 aliphatic heterocycles. The molecule has 4 nitrogen and oxygen atoms in total. The number of nitrogens with zero attached hydrogens (tertiary/aromatic N) is 1. The molecule has 1 aromatic carbocycles. The van der Waals surface area contributed by atoms with Crippen LogP contribution in [0.5, 0.6) is 0 Å². The molecule has 0 saturated carbocycles. The first-order valence-corrected chi connectivity index (χ1v) is 5.98. The third kappa shape index (κ3) is 1.68. The molecule has 0 bridgehead atoms. The van der Waals surface area contributed by atoms with Crippen molar-refractivity contribution in [3.63, 3.8) is 0 Å². The van der Waals surface area contributed by atoms with Crippen LogP contribution < -0.4 is 10.2 Å². The molecule has 1 N–H and O–H groups in total. The Hall–Kier alpha value is -1.26. The molecule has 0 unspecified atom stereocenters. The predicted octanol–water partition coefficient (Wildman–Crippen LogP) is 1.46. The van der Waals surface area contributed by atoms with Crippen LogP contribution in [0.25, 0.3) is 0 Å². The van der Waals surface area contributed by atoms with Crippen molar-refractivity contribution in [3.05, 3.63) is 23.8 Å². The van der Waals surface area contributed by atoms with Gasteiger partial charge in [0.05, 0.1) is 13.1 Å². The first kappa shape index (κ1) is 10.9. The number of hydrogen-bond acceptors (Lipinski definition) is 4. The average Bonchev–Trinajstić information content (AvgIpc) is 2.76. The Labute approximate surface area is 102 Å². The molecule has 17 heavy (non-hydrogen) atoms. The van der Waals surface area contributed by atoms with E-state index >= 15 is 0 Å². The summed E-state index contributed by atoms with van der Waals surface area (Å²) in [5.74, 6) is -0.405. The van der Waals surface area contributed by atoms with Crippen LogP contribution in [0.2, 0.25) is 0 Å². The van der Waals surface area contributed by atoms with Crippen molar-refractivity contribution < 1.29 is 9.47 Å². The monoisotopic (exact) mass is 234 g/mol. The molecule has 4 heteroatoms. The number of hydrogen-bond donors (Lipinski definition) is 1. The van der Waals surface area contributed by atoms with Crippen molar-refractivity contribution in [1.29, 1.82) is 0 Å². The maximum atomic E-state index is 5.39. The van der Waals surface area contributed by atoms with Gasteiger partial charge >= 0.3 is 0 Å². The molecule has 1 aromatic rings. The number of ether oxygens (including phenoxy) is 2. The van der Waals surface area contributed by atoms with Crippen LogP contribution in [0.3, 0.4) is 0 Å². The molecule has 0 amide bonds. The summed E-state index contributed by atoms with van der Waals surface area (Å²) in [6.45, 7) is 2.65. The van der Waals surface area contributed by atoms with Crippen LogP contribution in [0.15, 0.2) is 18.2 Å². The molecule has 0 aliphatic carbocycles. The highest BCUT2D eigenvalue weighted by atomic mass is 16.7. The number of methoxy groups -OCH3 is 2. The second kappa shape index (κ2) is 3.89. The van der Waals surface area contributed by atoms with Crippen LogP contribution in [0.1, 0.15) is 5.56 Å². The highest BCUT2D eigenvalue weighted by Gasteiger charge is 2.44. The number of benzene rings is 1. The second-order valence-corrected chi connectivity index (χ2v) is 4.69. The van der Waals surface area contributed by atoms with Gasteiger partial charge in [-0.1, -0.05) is 0 Å². The summed E-state index contributed by atoms with van der Waals surface area (Å²) in [5.41, 5.74) is 3.95. The Morgan fingerprint density at radius 2 is 2.00 bits per heavy atom. The minimum Gasteiger partial charge on any atom is -0.384 e. The quantitative estimate of drug-likeness (QED) is 0.803. The third-order valence-corrected chi connectivity index (χ3v) is 3.77. The molecular formula is C13H18N2O2. The fourth-order valence-corrected chi connectivity index (χ4v) is 2.55. The lowest BCUT2D eigenvalue weighted by molar-refractivity contribution is -0.219. The van der Waals surface area contributed by atoms with Gasteiger partial charge in [-0.05, 0) is 30.2 Å². The number of fused-ring (bicyclic) bond motifs is 1. The minimum atomic E-state index is -0.405. The van der Waals surface area contributed by atoms with Gasteiger partial charge in [-0.25, -0.2) is 0 Å². The topological polar surface area (TPSA) is 33.7 Å². The Morgan fingerprint density at radius 3 is 2.71 bits per heavy atom. The van der Waals surface area contributed by atoms with Crippen molar-refractivity contribution in [2.45, 2.75) is 12.2 Å². The van der Waals surface area contributed by atoms with Crippen LogP contribution in [-0.2, 0) is 15.9 Å². The molecule has 0 atom stereocenters. The van der Waals surface area contributed by atoms with E-state index in [1.54, 1.807) is 14.2 Å². The zero-order chi connectivity index (χ0) is 11.9. The number of rotatable bonds is 3. The molecule has 2 heterocycles. The molecular weight excluding hydrogens is 216 g/mol. The summed E-state index contributed by atoms with van der Waals surface area (Å²) in [6.07, 6.45) is 1.12. The first-order chi connectivity index (χ1) is 8.26. The van der Waals surface area contributed by atoms with E-state index in [-0.39, 0.29) is 0 Å². The van der Waals surface area contributed by atoms with Gasteiger partial charge in [-0.3, -0.25) is 0 Å². The number of nitrogens with one attached hydrogen (secondary N) is 1. The van der Waals surface area contributed by atoms with Gasteiger partial charge in [0.25, 0.3) is 0 Å².